The summed E-state index contributed by atoms with van der Waals surface area (Å²) in [6.45, 7) is 8.54. The summed E-state index contributed by atoms with van der Waals surface area (Å²) >= 11 is 0. The van der Waals surface area contributed by atoms with Crippen LogP contribution in [-0.4, -0.2) is 59.8 Å². The van der Waals surface area contributed by atoms with E-state index in [0.29, 0.717) is 31.3 Å². The summed E-state index contributed by atoms with van der Waals surface area (Å²) in [6.07, 6.45) is 4.08. The first-order chi connectivity index (χ1) is 15.5. The van der Waals surface area contributed by atoms with Gasteiger partial charge in [-0.3, -0.25) is 9.69 Å². The summed E-state index contributed by atoms with van der Waals surface area (Å²) in [5, 5.41) is 4.06. The van der Waals surface area contributed by atoms with E-state index in [4.69, 9.17) is 9.26 Å². The van der Waals surface area contributed by atoms with Gasteiger partial charge in [0.25, 0.3) is 5.91 Å². The molecule has 2 fully saturated rings. The maximum absolute atomic E-state index is 14.0. The van der Waals surface area contributed by atoms with Crippen molar-refractivity contribution < 1.29 is 18.4 Å². The van der Waals surface area contributed by atoms with Crippen LogP contribution in [-0.2, 0) is 11.3 Å². The molecule has 0 radical (unpaired) electrons. The van der Waals surface area contributed by atoms with Gasteiger partial charge in [0.15, 0.2) is 0 Å². The van der Waals surface area contributed by atoms with E-state index in [9.17, 15) is 9.18 Å². The Labute approximate surface area is 189 Å². The molecule has 0 spiro atoms. The quantitative estimate of drug-likeness (QED) is 0.602. The maximum atomic E-state index is 14.0. The number of carbonyl (C=O) groups is 1. The second-order valence-corrected chi connectivity index (χ2v) is 9.43. The summed E-state index contributed by atoms with van der Waals surface area (Å²) in [5.74, 6) is 0.684. The molecule has 1 aromatic carbocycles. The smallest absolute Gasteiger partial charge is 0.292 e. The van der Waals surface area contributed by atoms with Crippen LogP contribution in [0.3, 0.4) is 0 Å². The van der Waals surface area contributed by atoms with Crippen LogP contribution in [0.2, 0.25) is 0 Å². The largest absolute Gasteiger partial charge is 0.376 e. The first kappa shape index (κ1) is 22.9. The molecule has 0 unspecified atom stereocenters. The van der Waals surface area contributed by atoms with E-state index in [1.54, 1.807) is 12.1 Å². The van der Waals surface area contributed by atoms with E-state index >= 15 is 0 Å². The molecule has 6 nitrogen and oxygen atoms in total. The molecule has 2 aliphatic heterocycles. The third-order valence-corrected chi connectivity index (χ3v) is 6.60. The minimum atomic E-state index is -0.143. The number of piperidine rings is 1. The molecule has 4 rings (SSSR count). The standard InChI is InChI=1S/C25H34FN3O3/c1-18(2)23-14-24(32-27-23)25(30)29(17-21-7-5-13-31-21)15-19-9-11-28(12-10-19)16-20-6-3-4-8-22(20)26/h3-4,6,8,14,18-19,21H,5,7,9-13,15-17H2,1-2H3/t21-/m0/s1. The molecular weight excluding hydrogens is 409 g/mol. The third kappa shape index (κ3) is 5.75. The number of carbonyl (C=O) groups excluding carboxylic acids is 1. The molecule has 0 aliphatic carbocycles. The number of likely N-dealkylation sites (tertiary alicyclic amines) is 1. The molecule has 174 valence electrons. The highest BCUT2D eigenvalue weighted by Gasteiger charge is 2.30. The van der Waals surface area contributed by atoms with Gasteiger partial charge < -0.3 is 14.2 Å². The van der Waals surface area contributed by atoms with Crippen molar-refractivity contribution in [3.05, 3.63) is 53.2 Å². The molecule has 3 heterocycles. The Morgan fingerprint density at radius 3 is 2.66 bits per heavy atom. The normalized spacial score (nSPS) is 20.2. The molecule has 1 aromatic heterocycles. The van der Waals surface area contributed by atoms with Crippen LogP contribution in [0.25, 0.3) is 0 Å². The van der Waals surface area contributed by atoms with Crippen molar-refractivity contribution in [3.8, 4) is 0 Å². The van der Waals surface area contributed by atoms with Crippen LogP contribution in [0.5, 0.6) is 0 Å². The molecule has 1 amide bonds. The molecule has 2 aliphatic rings. The lowest BCUT2D eigenvalue weighted by molar-refractivity contribution is 0.0416. The van der Waals surface area contributed by atoms with E-state index < -0.39 is 0 Å². The summed E-state index contributed by atoms with van der Waals surface area (Å²) < 4.78 is 25.2. The highest BCUT2D eigenvalue weighted by molar-refractivity contribution is 5.91. The number of benzene rings is 1. The van der Waals surface area contributed by atoms with Gasteiger partial charge in [-0.1, -0.05) is 37.2 Å². The van der Waals surface area contributed by atoms with Crippen molar-refractivity contribution in [2.45, 2.75) is 58.1 Å². The average molecular weight is 444 g/mol. The van der Waals surface area contributed by atoms with Gasteiger partial charge in [-0.05, 0) is 56.7 Å². The van der Waals surface area contributed by atoms with Gasteiger partial charge in [0.1, 0.15) is 5.82 Å². The number of hydrogen-bond donors (Lipinski definition) is 0. The van der Waals surface area contributed by atoms with Crippen molar-refractivity contribution in [1.29, 1.82) is 0 Å². The second-order valence-electron chi connectivity index (χ2n) is 9.43. The van der Waals surface area contributed by atoms with Crippen LogP contribution in [0, 0.1) is 11.7 Å². The fourth-order valence-electron chi connectivity index (χ4n) is 4.60. The predicted molar refractivity (Wildman–Crippen MR) is 120 cm³/mol. The van der Waals surface area contributed by atoms with Crippen molar-refractivity contribution in [3.63, 3.8) is 0 Å². The lowest BCUT2D eigenvalue weighted by Gasteiger charge is -2.35. The van der Waals surface area contributed by atoms with Gasteiger partial charge in [-0.2, -0.15) is 0 Å². The minimum absolute atomic E-state index is 0.0904. The molecule has 7 heteroatoms. The zero-order valence-corrected chi connectivity index (χ0v) is 19.1. The van der Waals surface area contributed by atoms with Crippen molar-refractivity contribution in [1.82, 2.24) is 15.0 Å². The molecule has 0 bridgehead atoms. The topological polar surface area (TPSA) is 58.8 Å². The van der Waals surface area contributed by atoms with Crippen LogP contribution in [0.15, 0.2) is 34.9 Å². The van der Waals surface area contributed by atoms with Gasteiger partial charge in [0.05, 0.1) is 11.8 Å². The maximum Gasteiger partial charge on any atom is 0.292 e. The molecular formula is C25H34FN3O3. The zero-order chi connectivity index (χ0) is 22.5. The highest BCUT2D eigenvalue weighted by atomic mass is 19.1. The van der Waals surface area contributed by atoms with Crippen LogP contribution in [0.1, 0.15) is 67.3 Å². The van der Waals surface area contributed by atoms with E-state index in [-0.39, 0.29) is 23.7 Å². The monoisotopic (exact) mass is 443 g/mol. The summed E-state index contributed by atoms with van der Waals surface area (Å²) in [5.41, 5.74) is 1.54. The Hall–Kier alpha value is -2.25. The summed E-state index contributed by atoms with van der Waals surface area (Å²) in [7, 11) is 0. The number of halogens is 1. The minimum Gasteiger partial charge on any atom is -0.376 e. The fourth-order valence-corrected chi connectivity index (χ4v) is 4.60. The second kappa shape index (κ2) is 10.6. The van der Waals surface area contributed by atoms with Gasteiger partial charge in [-0.15, -0.1) is 0 Å². The van der Waals surface area contributed by atoms with E-state index in [0.717, 1.165) is 56.6 Å². The van der Waals surface area contributed by atoms with E-state index in [1.807, 2.05) is 30.9 Å². The first-order valence-electron chi connectivity index (χ1n) is 11.8. The Kier molecular flexibility index (Phi) is 7.58. The van der Waals surface area contributed by atoms with Gasteiger partial charge in [0.2, 0.25) is 5.76 Å². The molecule has 1 atom stereocenters. The third-order valence-electron chi connectivity index (χ3n) is 6.60. The average Bonchev–Trinajstić information content (AvgIpc) is 3.48. The first-order valence-corrected chi connectivity index (χ1v) is 11.8. The van der Waals surface area contributed by atoms with Gasteiger partial charge >= 0.3 is 0 Å². The number of rotatable bonds is 8. The number of ether oxygens (including phenoxy) is 1. The fraction of sp³-hybridized carbons (Fsp3) is 0.600. The number of nitrogens with zero attached hydrogens (tertiary/aromatic N) is 3. The molecule has 2 aromatic rings. The van der Waals surface area contributed by atoms with Crippen LogP contribution >= 0.6 is 0 Å². The molecule has 2 saturated heterocycles. The predicted octanol–water partition coefficient (Wildman–Crippen LogP) is 4.47. The zero-order valence-electron chi connectivity index (χ0n) is 19.1. The van der Waals surface area contributed by atoms with Gasteiger partial charge in [0, 0.05) is 37.9 Å². The van der Waals surface area contributed by atoms with E-state index in [1.165, 1.54) is 6.07 Å². The van der Waals surface area contributed by atoms with Crippen molar-refractivity contribution in [2.24, 2.45) is 5.92 Å². The number of amides is 1. The number of hydrogen-bond acceptors (Lipinski definition) is 5. The molecule has 0 saturated carbocycles. The Bertz CT molecular complexity index is 886. The molecule has 0 N–H and O–H groups in total. The lowest BCUT2D eigenvalue weighted by Crippen LogP contribution is -2.43. The Morgan fingerprint density at radius 1 is 1.22 bits per heavy atom. The van der Waals surface area contributed by atoms with Crippen LogP contribution in [0.4, 0.5) is 4.39 Å². The summed E-state index contributed by atoms with van der Waals surface area (Å²) in [4.78, 5) is 17.5. The van der Waals surface area contributed by atoms with Crippen LogP contribution < -0.4 is 0 Å². The Morgan fingerprint density at radius 2 is 2.00 bits per heavy atom. The summed E-state index contributed by atoms with van der Waals surface area (Å²) in [6, 6.07) is 8.75. The lowest BCUT2D eigenvalue weighted by atomic mass is 9.95. The van der Waals surface area contributed by atoms with E-state index in [2.05, 4.69) is 10.1 Å². The number of aromatic nitrogens is 1. The van der Waals surface area contributed by atoms with Crippen molar-refractivity contribution in [2.75, 3.05) is 32.8 Å². The highest BCUT2D eigenvalue weighted by Crippen LogP contribution is 2.24. The molecule has 32 heavy (non-hydrogen) atoms. The Balaban J connectivity index is 1.36. The van der Waals surface area contributed by atoms with Gasteiger partial charge in [-0.25, -0.2) is 4.39 Å². The SMILES string of the molecule is CC(C)c1cc(C(=O)N(CC2CCN(Cc3ccccc3F)CC2)C[C@@H]2CCCO2)on1. The van der Waals surface area contributed by atoms with Crippen molar-refractivity contribution >= 4 is 5.91 Å².